The van der Waals surface area contributed by atoms with Crippen LogP contribution < -0.4 is 0 Å². The molecule has 0 saturated carbocycles. The smallest absolute Gasteiger partial charge is 0.462 e. The van der Waals surface area contributed by atoms with Crippen LogP contribution in [0.5, 0.6) is 0 Å². The molecule has 10 nitrogen and oxygen atoms in total. The molecule has 3 atom stereocenters. The number of allylic oxidation sites excluding steroid dienone is 8. The first kappa shape index (κ1) is 52.7. The molecule has 55 heavy (non-hydrogen) atoms. The van der Waals surface area contributed by atoms with Crippen LogP contribution in [0.4, 0.5) is 0 Å². The number of aliphatic hydroxyl groups is 1. The van der Waals surface area contributed by atoms with Crippen LogP contribution in [-0.2, 0) is 32.7 Å². The lowest BCUT2D eigenvalue weighted by Gasteiger charge is -2.24. The molecule has 1 unspecified atom stereocenters. The quantitative estimate of drug-likeness (QED) is 0.0158. The topological polar surface area (TPSA) is 129 Å². The van der Waals surface area contributed by atoms with Crippen molar-refractivity contribution in [3.63, 3.8) is 0 Å². The highest BCUT2D eigenvalue weighted by Crippen LogP contribution is 2.43. The van der Waals surface area contributed by atoms with Gasteiger partial charge in [0.1, 0.15) is 19.8 Å². The zero-order valence-electron chi connectivity index (χ0n) is 35.3. The number of ether oxygens (including phenoxy) is 2. The summed E-state index contributed by atoms with van der Waals surface area (Å²) in [6, 6.07) is 0. The number of phosphoric ester groups is 1. The molecule has 318 valence electrons. The number of esters is 2. The minimum absolute atomic E-state index is 0.00622. The van der Waals surface area contributed by atoms with Gasteiger partial charge in [0.25, 0.3) is 0 Å². The molecule has 0 aliphatic rings. The summed E-state index contributed by atoms with van der Waals surface area (Å²) in [5.41, 5.74) is 0. The summed E-state index contributed by atoms with van der Waals surface area (Å²) in [4.78, 5) is 35.3. The molecule has 0 heterocycles. The van der Waals surface area contributed by atoms with Gasteiger partial charge < -0.3 is 24.0 Å². The van der Waals surface area contributed by atoms with Gasteiger partial charge in [0, 0.05) is 12.8 Å². The highest BCUT2D eigenvalue weighted by molar-refractivity contribution is 7.47. The maximum Gasteiger partial charge on any atom is 0.472 e. The van der Waals surface area contributed by atoms with Gasteiger partial charge in [-0.1, -0.05) is 126 Å². The van der Waals surface area contributed by atoms with Gasteiger partial charge in [0.15, 0.2) is 6.10 Å². The van der Waals surface area contributed by atoms with E-state index >= 15 is 0 Å². The van der Waals surface area contributed by atoms with Crippen LogP contribution in [0.15, 0.2) is 60.8 Å². The molecule has 0 aliphatic carbocycles. The zero-order valence-corrected chi connectivity index (χ0v) is 36.1. The fourth-order valence-corrected chi connectivity index (χ4v) is 5.94. The number of nitrogens with zero attached hydrogens (tertiary/aromatic N) is 1. The monoisotopic (exact) mass is 797 g/mol. The number of quaternary nitrogens is 1. The molecular formula is C44H79NO9P+. The molecule has 0 bridgehead atoms. The Kier molecular flexibility index (Phi) is 34.5. The molecule has 0 rings (SSSR count). The third kappa shape index (κ3) is 39.7. The van der Waals surface area contributed by atoms with Crippen LogP contribution in [0, 0.1) is 0 Å². The van der Waals surface area contributed by atoms with Gasteiger partial charge in [-0.05, 0) is 70.6 Å². The Morgan fingerprint density at radius 3 is 1.93 bits per heavy atom. The third-order valence-corrected chi connectivity index (χ3v) is 9.58. The first-order valence-electron chi connectivity index (χ1n) is 21.1. The van der Waals surface area contributed by atoms with E-state index in [0.29, 0.717) is 36.7 Å². The number of hydrogen-bond donors (Lipinski definition) is 2. The summed E-state index contributed by atoms with van der Waals surface area (Å²) in [5, 5.41) is 10.1. The number of unbranched alkanes of at least 4 members (excludes halogenated alkanes) is 13. The number of rotatable bonds is 37. The van der Waals surface area contributed by atoms with E-state index in [2.05, 4.69) is 32.1 Å². The number of phosphoric acid groups is 1. The van der Waals surface area contributed by atoms with Crippen LogP contribution in [0.1, 0.15) is 149 Å². The van der Waals surface area contributed by atoms with Gasteiger partial charge in [-0.15, -0.1) is 0 Å². The average molecular weight is 797 g/mol. The third-order valence-electron chi connectivity index (χ3n) is 8.60. The Labute approximate surface area is 335 Å². The zero-order chi connectivity index (χ0) is 40.9. The molecule has 0 aromatic rings. The van der Waals surface area contributed by atoms with Crippen molar-refractivity contribution in [3.05, 3.63) is 60.8 Å². The van der Waals surface area contributed by atoms with Crippen molar-refractivity contribution >= 4 is 19.8 Å². The second kappa shape index (κ2) is 36.0. The molecule has 11 heteroatoms. The normalized spacial score (nSPS) is 14.8. The predicted molar refractivity (Wildman–Crippen MR) is 225 cm³/mol. The Bertz CT molecular complexity index is 1140. The maximum atomic E-state index is 12.6. The van der Waals surface area contributed by atoms with Gasteiger partial charge in [-0.25, -0.2) is 4.57 Å². The molecule has 0 aromatic heterocycles. The van der Waals surface area contributed by atoms with E-state index in [0.717, 1.165) is 44.9 Å². The summed E-state index contributed by atoms with van der Waals surface area (Å²) in [5.74, 6) is -0.922. The fourth-order valence-electron chi connectivity index (χ4n) is 5.20. The summed E-state index contributed by atoms with van der Waals surface area (Å²) >= 11 is 0. The van der Waals surface area contributed by atoms with E-state index in [4.69, 9.17) is 18.5 Å². The van der Waals surface area contributed by atoms with Gasteiger partial charge >= 0.3 is 19.8 Å². The number of likely N-dealkylation sites (N-methyl/N-ethyl adjacent to an activating group) is 1. The molecule has 0 saturated heterocycles. The summed E-state index contributed by atoms with van der Waals surface area (Å²) in [6.07, 6.45) is 38.7. The van der Waals surface area contributed by atoms with E-state index in [1.165, 1.54) is 51.4 Å². The minimum atomic E-state index is -4.41. The largest absolute Gasteiger partial charge is 0.472 e. The average Bonchev–Trinajstić information content (AvgIpc) is 3.13. The molecule has 0 spiro atoms. The number of carbonyl (C=O) groups excluding carboxylic acids is 2. The molecular weight excluding hydrogens is 717 g/mol. The minimum Gasteiger partial charge on any atom is -0.462 e. The standard InChI is InChI=1S/C44H78NO9P/c1-6-8-10-12-14-15-16-17-18-19-23-27-31-35-43(47)51-39-42(40-53-55(49,50)52-38-37-45(3,4)5)54-44(48)36-32-28-24-20-22-26-30-34-41(46)33-29-25-21-13-11-9-7-2/h15-16,20-21,24-26,29-30,33,41-42,46H,6-14,17-19,22-23,27-28,31-32,34-40H2,1-5H3/p+1/b16-15-,24-20+,25-21-,30-26-,33-29-/t41-,42+/m0/s1. The van der Waals surface area contributed by atoms with Gasteiger partial charge in [-0.2, -0.15) is 0 Å². The molecule has 0 fully saturated rings. The number of aliphatic hydroxyl groups excluding tert-OH is 1. The van der Waals surface area contributed by atoms with Gasteiger partial charge in [0.05, 0.1) is 33.9 Å². The van der Waals surface area contributed by atoms with Crippen molar-refractivity contribution < 1.29 is 47.2 Å². The van der Waals surface area contributed by atoms with Crippen LogP contribution in [0.3, 0.4) is 0 Å². The van der Waals surface area contributed by atoms with Crippen molar-refractivity contribution in [2.75, 3.05) is 47.5 Å². The van der Waals surface area contributed by atoms with Crippen LogP contribution in [-0.4, -0.2) is 86.1 Å². The first-order valence-corrected chi connectivity index (χ1v) is 22.6. The molecule has 2 N–H and O–H groups in total. The number of hydrogen-bond acceptors (Lipinski definition) is 8. The summed E-state index contributed by atoms with van der Waals surface area (Å²) in [6.45, 7) is 4.19. The second-order valence-electron chi connectivity index (χ2n) is 15.2. The van der Waals surface area contributed by atoms with E-state index in [-0.39, 0.29) is 26.1 Å². The van der Waals surface area contributed by atoms with Gasteiger partial charge in [0.2, 0.25) is 0 Å². The second-order valence-corrected chi connectivity index (χ2v) is 16.7. The SMILES string of the molecule is CCCCC/C=C\C=C/[C@H](O)C/C=C\C/C=C/CCCC(=O)O[C@H](COC(=O)CCCCCCC/C=C\CCCCCC)COP(=O)(O)OCC[N+](C)(C)C. The van der Waals surface area contributed by atoms with Crippen molar-refractivity contribution in [3.8, 4) is 0 Å². The van der Waals surface area contributed by atoms with Crippen molar-refractivity contribution in [1.29, 1.82) is 0 Å². The van der Waals surface area contributed by atoms with E-state index in [9.17, 15) is 24.2 Å². The van der Waals surface area contributed by atoms with Crippen molar-refractivity contribution in [1.82, 2.24) is 0 Å². The highest BCUT2D eigenvalue weighted by atomic mass is 31.2. The Hall–Kier alpha value is -2.33. The lowest BCUT2D eigenvalue weighted by molar-refractivity contribution is -0.870. The number of carbonyl (C=O) groups is 2. The summed E-state index contributed by atoms with van der Waals surface area (Å²) < 4.78 is 34.1. The first-order chi connectivity index (χ1) is 26.4. The summed E-state index contributed by atoms with van der Waals surface area (Å²) in [7, 11) is 1.39. The van der Waals surface area contributed by atoms with Crippen molar-refractivity contribution in [2.45, 2.75) is 161 Å². The van der Waals surface area contributed by atoms with Crippen molar-refractivity contribution in [2.24, 2.45) is 0 Å². The van der Waals surface area contributed by atoms with Gasteiger partial charge in [-0.3, -0.25) is 18.6 Å². The fraction of sp³-hybridized carbons (Fsp3) is 0.727. The molecule has 0 radical (unpaired) electrons. The highest BCUT2D eigenvalue weighted by Gasteiger charge is 2.27. The Morgan fingerprint density at radius 2 is 1.22 bits per heavy atom. The maximum absolute atomic E-state index is 12.6. The van der Waals surface area contributed by atoms with E-state index < -0.39 is 38.6 Å². The Morgan fingerprint density at radius 1 is 0.655 bits per heavy atom. The lowest BCUT2D eigenvalue weighted by Crippen LogP contribution is -2.37. The molecule has 0 amide bonds. The Balaban J connectivity index is 4.58. The van der Waals surface area contributed by atoms with E-state index in [1.54, 1.807) is 6.08 Å². The lowest BCUT2D eigenvalue weighted by atomic mass is 10.1. The van der Waals surface area contributed by atoms with Crippen LogP contribution in [0.2, 0.25) is 0 Å². The predicted octanol–water partition coefficient (Wildman–Crippen LogP) is 10.7. The molecule has 0 aliphatic heterocycles. The van der Waals surface area contributed by atoms with Crippen LogP contribution >= 0.6 is 7.82 Å². The molecule has 0 aromatic carbocycles. The van der Waals surface area contributed by atoms with Crippen LogP contribution in [0.25, 0.3) is 0 Å². The van der Waals surface area contributed by atoms with E-state index in [1.807, 2.05) is 57.6 Å².